The van der Waals surface area contributed by atoms with E-state index in [4.69, 9.17) is 14.2 Å². The summed E-state index contributed by atoms with van der Waals surface area (Å²) < 4.78 is 13.2. The van der Waals surface area contributed by atoms with E-state index in [0.29, 0.717) is 32.7 Å². The number of hydrogen-bond donors (Lipinski definition) is 0. The van der Waals surface area contributed by atoms with Crippen molar-refractivity contribution in [3.05, 3.63) is 53.3 Å². The maximum atomic E-state index is 12.8. The lowest BCUT2D eigenvalue weighted by molar-refractivity contribution is -0.139. The average molecular weight is 409 g/mol. The molecule has 4 heterocycles. The minimum absolute atomic E-state index is 0.109. The first-order chi connectivity index (χ1) is 14.6. The molecule has 0 bridgehead atoms. The van der Waals surface area contributed by atoms with Crippen molar-refractivity contribution in [1.29, 1.82) is 0 Å². The summed E-state index contributed by atoms with van der Waals surface area (Å²) in [6, 6.07) is 7.81. The van der Waals surface area contributed by atoms with E-state index in [2.05, 4.69) is 10.3 Å². The number of pyridine rings is 1. The summed E-state index contributed by atoms with van der Waals surface area (Å²) in [4.78, 5) is 19.4. The van der Waals surface area contributed by atoms with Crippen LogP contribution in [0.3, 0.4) is 0 Å². The Morgan fingerprint density at radius 3 is 2.90 bits per heavy atom. The van der Waals surface area contributed by atoms with Crippen molar-refractivity contribution in [3.63, 3.8) is 0 Å². The Kier molecular flexibility index (Phi) is 5.94. The highest BCUT2D eigenvalue weighted by Gasteiger charge is 2.27. The highest BCUT2D eigenvalue weighted by molar-refractivity contribution is 5.76. The van der Waals surface area contributed by atoms with Crippen LogP contribution in [0.25, 0.3) is 11.3 Å². The molecule has 1 atom stereocenters. The van der Waals surface area contributed by atoms with Gasteiger partial charge in [0.25, 0.3) is 0 Å². The van der Waals surface area contributed by atoms with Crippen molar-refractivity contribution in [2.45, 2.75) is 46.3 Å². The van der Waals surface area contributed by atoms with Crippen LogP contribution in [0.5, 0.6) is 0 Å². The van der Waals surface area contributed by atoms with Gasteiger partial charge < -0.3 is 14.2 Å². The summed E-state index contributed by atoms with van der Waals surface area (Å²) in [6.45, 7) is 8.11. The van der Waals surface area contributed by atoms with Crippen LogP contribution in [0, 0.1) is 13.8 Å². The van der Waals surface area contributed by atoms with Crippen molar-refractivity contribution in [2.24, 2.45) is 0 Å². The van der Waals surface area contributed by atoms with Crippen LogP contribution in [-0.4, -0.2) is 50.4 Å². The van der Waals surface area contributed by atoms with Gasteiger partial charge in [0.05, 0.1) is 35.8 Å². The van der Waals surface area contributed by atoms with Gasteiger partial charge in [0, 0.05) is 37.8 Å². The van der Waals surface area contributed by atoms with E-state index >= 15 is 0 Å². The van der Waals surface area contributed by atoms with Gasteiger partial charge in [-0.3, -0.25) is 9.48 Å². The van der Waals surface area contributed by atoms with Gasteiger partial charge in [-0.2, -0.15) is 5.10 Å². The number of hydrogen-bond acceptors (Lipinski definition) is 6. The van der Waals surface area contributed by atoms with E-state index in [1.165, 1.54) is 0 Å². The number of carbonyl (C=O) groups excluding carboxylic acids is 1. The molecule has 3 aromatic heterocycles. The Labute approximate surface area is 175 Å². The number of ether oxygens (including phenoxy) is 1. The van der Waals surface area contributed by atoms with Crippen molar-refractivity contribution >= 4 is 5.91 Å². The highest BCUT2D eigenvalue weighted by atomic mass is 16.5. The van der Waals surface area contributed by atoms with E-state index < -0.39 is 0 Å². The van der Waals surface area contributed by atoms with Crippen LogP contribution in [0.1, 0.15) is 42.3 Å². The van der Waals surface area contributed by atoms with E-state index in [1.54, 1.807) is 6.20 Å². The number of amides is 1. The molecule has 0 N–H and O–H groups in total. The standard InChI is InChI=1S/C22H27N5O3/c1-4-19-22(16(3)25-30-19)18-7-5-6-17(24-18)20-14-26(12-13-29-20)21(28)9-11-27-15(2)8-10-23-27/h5-8,10,20H,4,9,11-14H2,1-3H3/t20-/m1/s1. The first-order valence-corrected chi connectivity index (χ1v) is 10.4. The fourth-order valence-electron chi connectivity index (χ4n) is 3.80. The van der Waals surface area contributed by atoms with E-state index in [0.717, 1.165) is 40.5 Å². The molecule has 0 unspecified atom stereocenters. The highest BCUT2D eigenvalue weighted by Crippen LogP contribution is 2.29. The van der Waals surface area contributed by atoms with Gasteiger partial charge in [-0.1, -0.05) is 18.1 Å². The SMILES string of the molecule is CCc1onc(C)c1-c1cccc([C@H]2CN(C(=O)CCn3nccc3C)CCO2)n1. The molecular weight excluding hydrogens is 382 g/mol. The molecule has 1 fully saturated rings. The van der Waals surface area contributed by atoms with Crippen molar-refractivity contribution < 1.29 is 14.1 Å². The fraction of sp³-hybridized carbons (Fsp3) is 0.455. The number of nitrogens with zero attached hydrogens (tertiary/aromatic N) is 5. The Balaban J connectivity index is 1.46. The summed E-state index contributed by atoms with van der Waals surface area (Å²) in [5, 5.41) is 8.33. The Bertz CT molecular complexity index is 1030. The molecule has 3 aromatic rings. The molecule has 8 heteroatoms. The largest absolute Gasteiger partial charge is 0.368 e. The molecule has 30 heavy (non-hydrogen) atoms. The van der Waals surface area contributed by atoms with Gasteiger partial charge in [-0.25, -0.2) is 4.98 Å². The molecule has 1 aliphatic heterocycles. The zero-order valence-electron chi connectivity index (χ0n) is 17.7. The molecule has 158 valence electrons. The van der Waals surface area contributed by atoms with Crippen LogP contribution in [0.15, 0.2) is 35.0 Å². The molecule has 0 spiro atoms. The van der Waals surface area contributed by atoms with Gasteiger partial charge in [0.1, 0.15) is 11.9 Å². The van der Waals surface area contributed by atoms with Crippen molar-refractivity contribution in [2.75, 3.05) is 19.7 Å². The molecule has 8 nitrogen and oxygen atoms in total. The number of rotatable bonds is 6. The first kappa shape index (κ1) is 20.3. The molecule has 1 saturated heterocycles. The summed E-state index contributed by atoms with van der Waals surface area (Å²) >= 11 is 0. The summed E-state index contributed by atoms with van der Waals surface area (Å²) in [7, 11) is 0. The third-order valence-corrected chi connectivity index (χ3v) is 5.50. The van der Waals surface area contributed by atoms with Gasteiger partial charge >= 0.3 is 0 Å². The predicted molar refractivity (Wildman–Crippen MR) is 111 cm³/mol. The van der Waals surface area contributed by atoms with Gasteiger partial charge in [0.15, 0.2) is 0 Å². The second-order valence-corrected chi connectivity index (χ2v) is 7.51. The van der Waals surface area contributed by atoms with Crippen LogP contribution in [0.4, 0.5) is 0 Å². The molecule has 0 aromatic carbocycles. The van der Waals surface area contributed by atoms with Gasteiger partial charge in [-0.05, 0) is 32.0 Å². The quantitative estimate of drug-likeness (QED) is 0.622. The zero-order valence-corrected chi connectivity index (χ0v) is 17.7. The molecular formula is C22H27N5O3. The molecule has 0 aliphatic carbocycles. The molecule has 1 aliphatic rings. The normalized spacial score (nSPS) is 16.8. The van der Waals surface area contributed by atoms with Gasteiger partial charge in [-0.15, -0.1) is 0 Å². The first-order valence-electron chi connectivity index (χ1n) is 10.4. The summed E-state index contributed by atoms with van der Waals surface area (Å²) in [6.07, 6.45) is 2.67. The Hall–Kier alpha value is -3.00. The van der Waals surface area contributed by atoms with E-state index in [9.17, 15) is 4.79 Å². The maximum absolute atomic E-state index is 12.8. The summed E-state index contributed by atoms with van der Waals surface area (Å²) in [5.74, 6) is 0.935. The third-order valence-electron chi connectivity index (χ3n) is 5.50. The van der Waals surface area contributed by atoms with Crippen LogP contribution < -0.4 is 0 Å². The van der Waals surface area contributed by atoms with Gasteiger partial charge in [0.2, 0.25) is 5.91 Å². The average Bonchev–Trinajstić information content (AvgIpc) is 3.36. The van der Waals surface area contributed by atoms with Crippen LogP contribution in [0.2, 0.25) is 0 Å². The minimum atomic E-state index is -0.251. The van der Waals surface area contributed by atoms with E-state index in [1.807, 2.05) is 54.6 Å². The topological polar surface area (TPSA) is 86.3 Å². The molecule has 0 saturated carbocycles. The third kappa shape index (κ3) is 4.14. The monoisotopic (exact) mass is 409 g/mol. The van der Waals surface area contributed by atoms with Crippen molar-refractivity contribution in [3.8, 4) is 11.3 Å². The van der Waals surface area contributed by atoms with Crippen LogP contribution in [-0.2, 0) is 22.5 Å². The predicted octanol–water partition coefficient (Wildman–Crippen LogP) is 3.10. The Morgan fingerprint density at radius 1 is 1.27 bits per heavy atom. The second-order valence-electron chi connectivity index (χ2n) is 7.51. The summed E-state index contributed by atoms with van der Waals surface area (Å²) in [5.41, 5.74) is 4.46. The number of aromatic nitrogens is 4. The maximum Gasteiger partial charge on any atom is 0.224 e. The number of carbonyl (C=O) groups is 1. The van der Waals surface area contributed by atoms with Crippen LogP contribution >= 0.6 is 0 Å². The lowest BCUT2D eigenvalue weighted by Crippen LogP contribution is -2.42. The lowest BCUT2D eigenvalue weighted by atomic mass is 10.1. The Morgan fingerprint density at radius 2 is 2.13 bits per heavy atom. The smallest absolute Gasteiger partial charge is 0.224 e. The molecule has 0 radical (unpaired) electrons. The van der Waals surface area contributed by atoms with E-state index in [-0.39, 0.29) is 12.0 Å². The lowest BCUT2D eigenvalue weighted by Gasteiger charge is -2.33. The van der Waals surface area contributed by atoms with Crippen molar-refractivity contribution in [1.82, 2.24) is 24.8 Å². The molecule has 4 rings (SSSR count). The fourth-order valence-corrected chi connectivity index (χ4v) is 3.80. The number of morpholine rings is 1. The number of aryl methyl sites for hydroxylation is 4. The minimum Gasteiger partial charge on any atom is -0.368 e. The second kappa shape index (κ2) is 8.79. The molecule has 1 amide bonds. The zero-order chi connectivity index (χ0) is 21.1.